The molecule has 54 heavy (non-hydrogen) atoms. The van der Waals surface area contributed by atoms with Gasteiger partial charge in [0.15, 0.2) is 5.82 Å². The number of terminal acetylenes is 1. The lowest BCUT2D eigenvalue weighted by molar-refractivity contribution is -0.188. The summed E-state index contributed by atoms with van der Waals surface area (Å²) in [5, 5.41) is 14.2. The van der Waals surface area contributed by atoms with Gasteiger partial charge in [0.2, 0.25) is 0 Å². The second kappa shape index (κ2) is 13.4. The van der Waals surface area contributed by atoms with Crippen molar-refractivity contribution < 1.29 is 41.0 Å². The second-order valence-electron chi connectivity index (χ2n) is 14.8. The van der Waals surface area contributed by atoms with Crippen LogP contribution in [0, 0.1) is 29.4 Å². The van der Waals surface area contributed by atoms with Gasteiger partial charge in [0.25, 0.3) is 0 Å². The molecule has 3 saturated heterocycles. The number of phenolic OH excluding ortho intramolecular Hbond substituents is 1. The lowest BCUT2D eigenvalue weighted by Crippen LogP contribution is -2.59. The quantitative estimate of drug-likeness (QED) is 0.161. The van der Waals surface area contributed by atoms with Gasteiger partial charge in [0.1, 0.15) is 40.6 Å². The maximum absolute atomic E-state index is 17.2. The van der Waals surface area contributed by atoms with Crippen molar-refractivity contribution in [3.63, 3.8) is 0 Å². The zero-order valence-corrected chi connectivity index (χ0v) is 29.3. The van der Waals surface area contributed by atoms with Crippen LogP contribution in [0.5, 0.6) is 11.8 Å². The van der Waals surface area contributed by atoms with E-state index in [-0.39, 0.29) is 81.6 Å². The number of hydrogen-bond acceptors (Lipinski definition) is 9. The number of anilines is 2. The van der Waals surface area contributed by atoms with Crippen LogP contribution in [-0.2, 0) is 4.79 Å². The van der Waals surface area contributed by atoms with E-state index in [2.05, 4.69) is 26.1 Å². The monoisotopic (exact) mass is 753 g/mol. The van der Waals surface area contributed by atoms with Crippen molar-refractivity contribution in [1.82, 2.24) is 24.8 Å². The number of nitrogens with one attached hydrogen (secondary N) is 1. The Morgan fingerprint density at radius 1 is 1.06 bits per heavy atom. The molecule has 2 N–H and O–H groups in total. The van der Waals surface area contributed by atoms with Gasteiger partial charge in [-0.2, -0.15) is 23.1 Å². The Morgan fingerprint density at radius 3 is 2.39 bits per heavy atom. The fourth-order valence-electron chi connectivity index (χ4n) is 8.37. The van der Waals surface area contributed by atoms with Gasteiger partial charge in [0.05, 0.1) is 29.6 Å². The molecule has 3 aliphatic heterocycles. The molecule has 0 spiro atoms. The third kappa shape index (κ3) is 6.35. The minimum absolute atomic E-state index is 0.00212. The van der Waals surface area contributed by atoms with Crippen LogP contribution in [0.3, 0.4) is 0 Å². The minimum Gasteiger partial charge on any atom is -0.508 e. The summed E-state index contributed by atoms with van der Waals surface area (Å²) < 4.78 is 93.0. The van der Waals surface area contributed by atoms with Gasteiger partial charge in [0, 0.05) is 56.1 Å². The number of aromatic nitrogens is 3. The number of hydrogen-bond donors (Lipinski definition) is 2. The molecule has 0 radical (unpaired) electrons. The van der Waals surface area contributed by atoms with E-state index in [0.29, 0.717) is 50.7 Å². The van der Waals surface area contributed by atoms with Crippen LogP contribution in [0.25, 0.3) is 32.9 Å². The number of piperidine rings is 1. The number of rotatable bonds is 8. The Labute approximate surface area is 306 Å². The second-order valence-corrected chi connectivity index (χ2v) is 14.8. The molecule has 0 unspecified atom stereocenters. The van der Waals surface area contributed by atoms with Gasteiger partial charge >= 0.3 is 18.1 Å². The number of nitrogens with zero attached hydrogens (tertiary/aromatic N) is 6. The Bertz CT molecular complexity index is 2190. The van der Waals surface area contributed by atoms with Crippen LogP contribution in [0.2, 0.25) is 0 Å². The number of ether oxygens (including phenoxy) is 1. The highest BCUT2D eigenvalue weighted by atomic mass is 19.4. The highest BCUT2D eigenvalue weighted by molar-refractivity contribution is 6.05. The van der Waals surface area contributed by atoms with E-state index >= 15 is 8.78 Å². The van der Waals surface area contributed by atoms with E-state index in [1.165, 1.54) is 25.2 Å². The smallest absolute Gasteiger partial charge is 0.471 e. The number of fused-ring (bicyclic) bond motifs is 4. The molecule has 5 heterocycles. The van der Waals surface area contributed by atoms with Gasteiger partial charge < -0.3 is 29.9 Å². The third-order valence-corrected chi connectivity index (χ3v) is 11.2. The number of carbonyl (C=O) groups excluding carboxylic acids is 1. The van der Waals surface area contributed by atoms with E-state index < -0.39 is 42.0 Å². The van der Waals surface area contributed by atoms with Crippen molar-refractivity contribution >= 4 is 39.2 Å². The fourth-order valence-corrected chi connectivity index (χ4v) is 8.37. The summed E-state index contributed by atoms with van der Waals surface area (Å²) in [6.45, 7) is 2.09. The minimum atomic E-state index is -5.03. The molecule has 2 aromatic heterocycles. The summed E-state index contributed by atoms with van der Waals surface area (Å²) in [6.07, 6.45) is 3.16. The first kappa shape index (κ1) is 36.0. The zero-order chi connectivity index (χ0) is 38.1. The first-order valence-electron chi connectivity index (χ1n) is 17.9. The first-order chi connectivity index (χ1) is 25.8. The van der Waals surface area contributed by atoms with Crippen molar-refractivity contribution in [3.8, 4) is 35.4 Å². The van der Waals surface area contributed by atoms with Crippen molar-refractivity contribution in [2.75, 3.05) is 56.6 Å². The molecular weight excluding hydrogens is 716 g/mol. The normalized spacial score (nSPS) is 21.4. The van der Waals surface area contributed by atoms with Crippen LogP contribution in [-0.4, -0.2) is 107 Å². The molecule has 2 aromatic carbocycles. The van der Waals surface area contributed by atoms with Gasteiger partial charge in [-0.1, -0.05) is 12.0 Å². The predicted octanol–water partition coefficient (Wildman–Crippen LogP) is 6.19. The van der Waals surface area contributed by atoms with Crippen LogP contribution >= 0.6 is 0 Å². The van der Waals surface area contributed by atoms with Crippen LogP contribution in [0.15, 0.2) is 24.3 Å². The molecule has 8 rings (SSSR count). The molecule has 2 atom stereocenters. The molecule has 4 fully saturated rings. The van der Waals surface area contributed by atoms with Gasteiger partial charge in [-0.25, -0.2) is 18.2 Å². The highest BCUT2D eigenvalue weighted by Crippen LogP contribution is 2.48. The highest BCUT2D eigenvalue weighted by Gasteiger charge is 2.52. The Kier molecular flexibility index (Phi) is 8.90. The maximum atomic E-state index is 17.2. The first-order valence-corrected chi connectivity index (χ1v) is 17.9. The number of likely N-dealkylation sites (tertiary alicyclic amines) is 1. The van der Waals surface area contributed by atoms with Crippen LogP contribution in [0.1, 0.15) is 44.1 Å². The summed E-state index contributed by atoms with van der Waals surface area (Å²) >= 11 is 0. The lowest BCUT2D eigenvalue weighted by Gasteiger charge is -2.42. The van der Waals surface area contributed by atoms with E-state index in [1.54, 1.807) is 4.90 Å². The Balaban J connectivity index is 1.24. The van der Waals surface area contributed by atoms with Crippen molar-refractivity contribution in [1.29, 1.82) is 0 Å². The van der Waals surface area contributed by atoms with Crippen molar-refractivity contribution in [3.05, 3.63) is 41.5 Å². The number of alkyl halides is 4. The standard InChI is InChI=1S/C38H37F6N7O3/c1-3-25-27(40)7-4-20-14-24(52)15-26(28(20)25)31-30(41)32-29(33(45-2)46-31)34(50-16-22-5-6-23(17-50)51(22)35(53)38(42,43)44)48-36(47-32)54-19-37(10-11-37)18-49-12-8-21(39)9-13-49/h1,4,7,14-15,21-23,52H,5-6,8-13,16-19H2,2H3,(H,45,46)/t22-,23+. The number of phenols is 1. The van der Waals surface area contributed by atoms with E-state index in [0.717, 1.165) is 23.8 Å². The summed E-state index contributed by atoms with van der Waals surface area (Å²) in [5.41, 5.74) is -0.938. The summed E-state index contributed by atoms with van der Waals surface area (Å²) in [5.74, 6) is -1.27. The number of amides is 1. The Morgan fingerprint density at radius 2 is 1.76 bits per heavy atom. The maximum Gasteiger partial charge on any atom is 0.471 e. The number of benzene rings is 2. The Hall–Kier alpha value is -5.04. The van der Waals surface area contributed by atoms with Gasteiger partial charge in [-0.05, 0) is 62.1 Å². The lowest BCUT2D eigenvalue weighted by atomic mass is 9.95. The van der Waals surface area contributed by atoms with E-state index in [1.807, 2.05) is 0 Å². The topological polar surface area (TPSA) is 107 Å². The van der Waals surface area contributed by atoms with Crippen LogP contribution < -0.4 is 15.0 Å². The number of aromatic hydroxyl groups is 1. The predicted molar refractivity (Wildman–Crippen MR) is 189 cm³/mol. The van der Waals surface area contributed by atoms with E-state index in [4.69, 9.17) is 16.1 Å². The summed E-state index contributed by atoms with van der Waals surface area (Å²) in [4.78, 5) is 31.1. The number of pyridine rings is 1. The zero-order valence-electron chi connectivity index (χ0n) is 29.3. The molecule has 2 bridgehead atoms. The molecule has 1 amide bonds. The van der Waals surface area contributed by atoms with Gasteiger partial charge in [-0.3, -0.25) is 4.79 Å². The molecule has 16 heteroatoms. The number of halogens is 6. The molecule has 284 valence electrons. The largest absolute Gasteiger partial charge is 0.508 e. The average molecular weight is 754 g/mol. The molecular formula is C38H37F6N7O3. The fraction of sp³-hybridized carbons (Fsp3) is 0.474. The molecule has 1 aliphatic carbocycles. The molecule has 1 saturated carbocycles. The van der Waals surface area contributed by atoms with E-state index in [9.17, 15) is 27.5 Å². The molecule has 10 nitrogen and oxygen atoms in total. The van der Waals surface area contributed by atoms with Crippen molar-refractivity contribution in [2.24, 2.45) is 5.41 Å². The SMILES string of the molecule is C#Cc1c(F)ccc2cc(O)cc(-c3nc(NC)c4c(N5C[C@H]6CC[C@@H](C5)N6C(=O)C(F)(F)F)nc(OCC5(CN6CCC(F)CC6)CC5)nc4c3F)c12. The third-order valence-electron chi connectivity index (χ3n) is 11.2. The molecule has 4 aromatic rings. The van der Waals surface area contributed by atoms with Crippen molar-refractivity contribution in [2.45, 2.75) is 63.0 Å². The summed E-state index contributed by atoms with van der Waals surface area (Å²) in [6, 6.07) is 3.43. The average Bonchev–Trinajstić information content (AvgIpc) is 3.86. The number of piperazine rings is 1. The summed E-state index contributed by atoms with van der Waals surface area (Å²) in [7, 11) is 1.54. The van der Waals surface area contributed by atoms with Gasteiger partial charge in [-0.15, -0.1) is 6.42 Å². The van der Waals surface area contributed by atoms with Crippen LogP contribution in [0.4, 0.5) is 38.0 Å². The molecule has 4 aliphatic rings. The number of carbonyl (C=O) groups is 1.